The lowest BCUT2D eigenvalue weighted by Crippen LogP contribution is -2.48. The highest BCUT2D eigenvalue weighted by Crippen LogP contribution is 2.24. The number of methoxy groups -OCH3 is 1. The summed E-state index contributed by atoms with van der Waals surface area (Å²) in [5, 5.41) is 14.5. The number of carbonyl (C=O) groups is 1. The Morgan fingerprint density at radius 3 is 2.71 bits per heavy atom. The van der Waals surface area contributed by atoms with Crippen molar-refractivity contribution >= 4 is 5.91 Å². The molecular formula is C17H22N4O3. The van der Waals surface area contributed by atoms with Crippen molar-refractivity contribution in [2.24, 2.45) is 0 Å². The van der Waals surface area contributed by atoms with E-state index in [0.29, 0.717) is 38.1 Å². The summed E-state index contributed by atoms with van der Waals surface area (Å²) in [6.07, 6.45) is 4.17. The van der Waals surface area contributed by atoms with E-state index in [1.54, 1.807) is 23.0 Å². The molecule has 7 nitrogen and oxygen atoms in total. The van der Waals surface area contributed by atoms with Gasteiger partial charge in [0, 0.05) is 25.8 Å². The molecule has 1 amide bonds. The van der Waals surface area contributed by atoms with E-state index >= 15 is 0 Å². The molecule has 0 spiro atoms. The Hall–Kier alpha value is -2.25. The van der Waals surface area contributed by atoms with E-state index in [1.165, 1.54) is 6.33 Å². The van der Waals surface area contributed by atoms with Crippen LogP contribution in [0.25, 0.3) is 5.69 Å². The summed E-state index contributed by atoms with van der Waals surface area (Å²) in [6.45, 7) is 3.31. The van der Waals surface area contributed by atoms with Gasteiger partial charge in [-0.3, -0.25) is 4.79 Å². The monoisotopic (exact) mass is 330 g/mol. The highest BCUT2D eigenvalue weighted by Gasteiger charge is 2.34. The maximum atomic E-state index is 12.7. The van der Waals surface area contributed by atoms with Gasteiger partial charge < -0.3 is 14.7 Å². The third-order valence-corrected chi connectivity index (χ3v) is 4.50. The highest BCUT2D eigenvalue weighted by atomic mass is 16.5. The molecule has 0 radical (unpaired) electrons. The minimum absolute atomic E-state index is 0.0114. The van der Waals surface area contributed by atoms with Crippen LogP contribution < -0.4 is 0 Å². The van der Waals surface area contributed by atoms with Gasteiger partial charge in [-0.2, -0.15) is 5.10 Å². The van der Waals surface area contributed by atoms with Crippen LogP contribution in [-0.2, 0) is 4.74 Å². The molecule has 0 unspecified atom stereocenters. The van der Waals surface area contributed by atoms with Gasteiger partial charge in [-0.05, 0) is 43.5 Å². The lowest BCUT2D eigenvalue weighted by Gasteiger charge is -2.37. The van der Waals surface area contributed by atoms with Crippen molar-refractivity contribution < 1.29 is 14.6 Å². The Labute approximate surface area is 140 Å². The highest BCUT2D eigenvalue weighted by molar-refractivity contribution is 5.94. The van der Waals surface area contributed by atoms with Crippen LogP contribution in [0.1, 0.15) is 28.8 Å². The van der Waals surface area contributed by atoms with Gasteiger partial charge in [0.05, 0.1) is 17.9 Å². The normalized spacial score (nSPS) is 17.0. The zero-order valence-corrected chi connectivity index (χ0v) is 14.0. The second kappa shape index (κ2) is 6.70. The maximum absolute atomic E-state index is 12.7. The van der Waals surface area contributed by atoms with E-state index in [2.05, 4.69) is 10.1 Å². The molecule has 0 atom stereocenters. The molecule has 1 fully saturated rings. The molecule has 3 rings (SSSR count). The number of nitrogens with zero attached hydrogens (tertiary/aromatic N) is 4. The van der Waals surface area contributed by atoms with Gasteiger partial charge in [-0.15, -0.1) is 0 Å². The van der Waals surface area contributed by atoms with Crippen LogP contribution in [0.5, 0.6) is 0 Å². The molecule has 128 valence electrons. The number of ether oxygens (including phenoxy) is 1. The zero-order valence-electron chi connectivity index (χ0n) is 14.0. The van der Waals surface area contributed by atoms with Gasteiger partial charge in [0.15, 0.2) is 0 Å². The molecule has 0 bridgehead atoms. The van der Waals surface area contributed by atoms with E-state index in [4.69, 9.17) is 4.74 Å². The molecule has 0 saturated carbocycles. The number of amides is 1. The van der Waals surface area contributed by atoms with Gasteiger partial charge in [-0.1, -0.05) is 0 Å². The first-order chi connectivity index (χ1) is 11.5. The number of hydrogen-bond acceptors (Lipinski definition) is 5. The Morgan fingerprint density at radius 2 is 2.12 bits per heavy atom. The summed E-state index contributed by atoms with van der Waals surface area (Å²) in [4.78, 5) is 18.4. The predicted molar refractivity (Wildman–Crippen MR) is 88.1 cm³/mol. The molecule has 0 aliphatic carbocycles. The lowest BCUT2D eigenvalue weighted by atomic mass is 9.92. The van der Waals surface area contributed by atoms with Crippen molar-refractivity contribution in [1.82, 2.24) is 19.7 Å². The Morgan fingerprint density at radius 1 is 1.38 bits per heavy atom. The van der Waals surface area contributed by atoms with E-state index in [0.717, 1.165) is 11.3 Å². The third kappa shape index (κ3) is 3.32. The maximum Gasteiger partial charge on any atom is 0.253 e. The minimum atomic E-state index is -0.821. The van der Waals surface area contributed by atoms with Gasteiger partial charge in [0.1, 0.15) is 12.7 Å². The summed E-state index contributed by atoms with van der Waals surface area (Å²) in [6, 6.07) is 5.56. The second-order valence-electron chi connectivity index (χ2n) is 6.29. The average Bonchev–Trinajstić information content (AvgIpc) is 3.09. The van der Waals surface area contributed by atoms with Crippen LogP contribution in [0.2, 0.25) is 0 Å². The summed E-state index contributed by atoms with van der Waals surface area (Å²) < 4.78 is 6.74. The van der Waals surface area contributed by atoms with Crippen LogP contribution in [0.3, 0.4) is 0 Å². The number of benzene rings is 1. The SMILES string of the molecule is COCC1(O)CCN(C(=O)c2ccc(-n3cncn3)c(C)c2)CC1. The minimum Gasteiger partial charge on any atom is -0.387 e. The molecule has 1 aromatic carbocycles. The van der Waals surface area contributed by atoms with E-state index in [-0.39, 0.29) is 5.91 Å². The molecule has 24 heavy (non-hydrogen) atoms. The number of carbonyl (C=O) groups excluding carboxylic acids is 1. The van der Waals surface area contributed by atoms with Crippen molar-refractivity contribution in [2.45, 2.75) is 25.4 Å². The van der Waals surface area contributed by atoms with Crippen molar-refractivity contribution in [2.75, 3.05) is 26.8 Å². The van der Waals surface area contributed by atoms with Crippen molar-refractivity contribution in [3.05, 3.63) is 42.0 Å². The van der Waals surface area contributed by atoms with Crippen LogP contribution in [0.15, 0.2) is 30.9 Å². The van der Waals surface area contributed by atoms with E-state index in [1.807, 2.05) is 25.1 Å². The van der Waals surface area contributed by atoms with Crippen molar-refractivity contribution in [1.29, 1.82) is 0 Å². The number of aliphatic hydroxyl groups is 1. The van der Waals surface area contributed by atoms with Crippen LogP contribution in [0.4, 0.5) is 0 Å². The molecule has 2 heterocycles. The van der Waals surface area contributed by atoms with Crippen molar-refractivity contribution in [3.8, 4) is 5.69 Å². The molecular weight excluding hydrogens is 308 g/mol. The Bertz CT molecular complexity index is 707. The number of hydrogen-bond donors (Lipinski definition) is 1. The molecule has 1 aliphatic rings. The lowest BCUT2D eigenvalue weighted by molar-refractivity contribution is -0.0662. The summed E-state index contributed by atoms with van der Waals surface area (Å²) in [5.41, 5.74) is 1.68. The third-order valence-electron chi connectivity index (χ3n) is 4.50. The van der Waals surface area contributed by atoms with Crippen LogP contribution in [-0.4, -0.2) is 63.1 Å². The number of aryl methyl sites for hydroxylation is 1. The van der Waals surface area contributed by atoms with Crippen molar-refractivity contribution in [3.63, 3.8) is 0 Å². The molecule has 7 heteroatoms. The second-order valence-corrected chi connectivity index (χ2v) is 6.29. The van der Waals surface area contributed by atoms with Gasteiger partial charge in [-0.25, -0.2) is 9.67 Å². The average molecular weight is 330 g/mol. The molecule has 1 saturated heterocycles. The smallest absolute Gasteiger partial charge is 0.253 e. The molecule has 1 aromatic heterocycles. The molecule has 1 aliphatic heterocycles. The number of piperidine rings is 1. The fourth-order valence-corrected chi connectivity index (χ4v) is 3.10. The van der Waals surface area contributed by atoms with Gasteiger partial charge >= 0.3 is 0 Å². The number of likely N-dealkylation sites (tertiary alicyclic amines) is 1. The zero-order chi connectivity index (χ0) is 17.2. The number of rotatable bonds is 4. The quantitative estimate of drug-likeness (QED) is 0.911. The summed E-state index contributed by atoms with van der Waals surface area (Å²) in [7, 11) is 1.58. The van der Waals surface area contributed by atoms with E-state index in [9.17, 15) is 9.90 Å². The standard InChI is InChI=1S/C17H22N4O3/c1-13-9-14(3-4-15(13)21-12-18-11-19-21)16(22)20-7-5-17(23,6-8-20)10-24-2/h3-4,9,11-12,23H,5-8,10H2,1-2H3. The summed E-state index contributed by atoms with van der Waals surface area (Å²) >= 11 is 0. The fourth-order valence-electron chi connectivity index (χ4n) is 3.10. The molecule has 2 aromatic rings. The first-order valence-electron chi connectivity index (χ1n) is 7.99. The largest absolute Gasteiger partial charge is 0.387 e. The summed E-state index contributed by atoms with van der Waals surface area (Å²) in [5.74, 6) is -0.0114. The topological polar surface area (TPSA) is 80.5 Å². The first kappa shape index (κ1) is 16.6. The van der Waals surface area contributed by atoms with Gasteiger partial charge in [0.25, 0.3) is 5.91 Å². The van der Waals surface area contributed by atoms with Gasteiger partial charge in [0.2, 0.25) is 0 Å². The molecule has 1 N–H and O–H groups in total. The first-order valence-corrected chi connectivity index (χ1v) is 7.99. The fraction of sp³-hybridized carbons (Fsp3) is 0.471. The number of aromatic nitrogens is 3. The Kier molecular flexibility index (Phi) is 4.64. The van der Waals surface area contributed by atoms with Crippen LogP contribution in [0, 0.1) is 6.92 Å². The predicted octanol–water partition coefficient (Wildman–Crippen LogP) is 1.19. The van der Waals surface area contributed by atoms with Crippen LogP contribution >= 0.6 is 0 Å². The Balaban J connectivity index is 1.71. The van der Waals surface area contributed by atoms with E-state index < -0.39 is 5.60 Å².